The van der Waals surface area contributed by atoms with Crippen molar-refractivity contribution < 1.29 is 9.90 Å². The lowest BCUT2D eigenvalue weighted by Crippen LogP contribution is -2.65. The fourth-order valence-corrected chi connectivity index (χ4v) is 5.25. The van der Waals surface area contributed by atoms with Crippen LogP contribution in [0.3, 0.4) is 0 Å². The van der Waals surface area contributed by atoms with Crippen molar-refractivity contribution in [3.05, 3.63) is 18.0 Å². The third kappa shape index (κ3) is 2.56. The number of aromatic nitrogens is 2. The molecule has 0 aromatic carbocycles. The van der Waals surface area contributed by atoms with Crippen molar-refractivity contribution >= 4 is 5.91 Å². The van der Waals surface area contributed by atoms with Crippen LogP contribution in [-0.4, -0.2) is 68.9 Å². The highest BCUT2D eigenvalue weighted by Gasteiger charge is 2.47. The highest BCUT2D eigenvalue weighted by Crippen LogP contribution is 2.41. The van der Waals surface area contributed by atoms with Crippen molar-refractivity contribution in [3.63, 3.8) is 0 Å². The summed E-state index contributed by atoms with van der Waals surface area (Å²) in [6, 6.07) is 2.59. The molecule has 0 spiro atoms. The summed E-state index contributed by atoms with van der Waals surface area (Å²) in [7, 11) is 0. The molecule has 0 aliphatic carbocycles. The van der Waals surface area contributed by atoms with E-state index in [1.807, 2.05) is 17.9 Å². The van der Waals surface area contributed by atoms with Crippen LogP contribution in [0.15, 0.2) is 12.3 Å². The van der Waals surface area contributed by atoms with Crippen molar-refractivity contribution in [1.29, 1.82) is 0 Å². The van der Waals surface area contributed by atoms with Gasteiger partial charge in [-0.05, 0) is 50.6 Å². The largest absolute Gasteiger partial charge is 0.395 e. The first-order chi connectivity index (χ1) is 11.7. The number of carbonyl (C=O) groups excluding carboxylic acids is 1. The minimum atomic E-state index is 0.102. The van der Waals surface area contributed by atoms with Gasteiger partial charge >= 0.3 is 0 Å². The predicted molar refractivity (Wildman–Crippen MR) is 90.6 cm³/mol. The Labute approximate surface area is 143 Å². The van der Waals surface area contributed by atoms with Gasteiger partial charge in [0.05, 0.1) is 6.61 Å². The van der Waals surface area contributed by atoms with Crippen LogP contribution in [0.5, 0.6) is 0 Å². The molecule has 0 unspecified atom stereocenters. The lowest BCUT2D eigenvalue weighted by Gasteiger charge is -2.56. The Hall–Kier alpha value is -1.40. The number of amides is 1. The molecule has 3 saturated heterocycles. The SMILES string of the molecule is CCn1nccc1C(=O)N1C[C@H]2C[C@@H](C1)[C@H](CO)N1CCCC[C@@H]21. The normalized spacial score (nSPS) is 33.3. The lowest BCUT2D eigenvalue weighted by atomic mass is 9.72. The summed E-state index contributed by atoms with van der Waals surface area (Å²) in [6.07, 6.45) is 6.59. The molecule has 1 aromatic heterocycles. The Morgan fingerprint density at radius 1 is 1.33 bits per heavy atom. The summed E-state index contributed by atoms with van der Waals surface area (Å²) < 4.78 is 1.78. The van der Waals surface area contributed by atoms with Crippen LogP contribution in [0, 0.1) is 11.8 Å². The van der Waals surface area contributed by atoms with Crippen LogP contribution in [0.25, 0.3) is 0 Å². The summed E-state index contributed by atoms with van der Waals surface area (Å²) in [5.74, 6) is 1.05. The Bertz CT molecular complexity index is 588. The van der Waals surface area contributed by atoms with E-state index in [0.29, 0.717) is 30.1 Å². The van der Waals surface area contributed by atoms with Gasteiger partial charge in [0.1, 0.15) is 5.69 Å². The van der Waals surface area contributed by atoms with Gasteiger partial charge in [-0.15, -0.1) is 0 Å². The number of aliphatic hydroxyl groups is 1. The van der Waals surface area contributed by atoms with Crippen molar-refractivity contribution in [2.75, 3.05) is 26.2 Å². The highest BCUT2D eigenvalue weighted by atomic mass is 16.3. The maximum absolute atomic E-state index is 13.0. The second kappa shape index (κ2) is 6.48. The highest BCUT2D eigenvalue weighted by molar-refractivity contribution is 5.92. The number of aryl methyl sites for hydroxylation is 1. The number of fused-ring (bicyclic) bond motifs is 4. The molecule has 132 valence electrons. The molecule has 6 nitrogen and oxygen atoms in total. The Kier molecular flexibility index (Phi) is 4.35. The van der Waals surface area contributed by atoms with Crippen LogP contribution in [-0.2, 0) is 6.54 Å². The van der Waals surface area contributed by atoms with Crippen LogP contribution in [0.1, 0.15) is 43.1 Å². The predicted octanol–water partition coefficient (Wildman–Crippen LogP) is 1.21. The monoisotopic (exact) mass is 332 g/mol. The minimum absolute atomic E-state index is 0.102. The van der Waals surface area contributed by atoms with Gasteiger partial charge in [0.25, 0.3) is 5.91 Å². The third-order valence-corrected chi connectivity index (χ3v) is 6.33. The Morgan fingerprint density at radius 2 is 2.17 bits per heavy atom. The van der Waals surface area contributed by atoms with E-state index < -0.39 is 0 Å². The molecule has 6 heteroatoms. The first-order valence-electron chi connectivity index (χ1n) is 9.40. The molecule has 1 aromatic rings. The zero-order valence-corrected chi connectivity index (χ0v) is 14.5. The number of likely N-dealkylation sites (tertiary alicyclic amines) is 1. The van der Waals surface area contributed by atoms with E-state index in [4.69, 9.17) is 0 Å². The Balaban J connectivity index is 1.57. The average Bonchev–Trinajstić information content (AvgIpc) is 3.10. The second-order valence-electron chi connectivity index (χ2n) is 7.55. The van der Waals surface area contributed by atoms with Crippen molar-refractivity contribution in [3.8, 4) is 0 Å². The zero-order valence-electron chi connectivity index (χ0n) is 14.5. The molecule has 4 rings (SSSR count). The molecule has 2 bridgehead atoms. The smallest absolute Gasteiger partial charge is 0.272 e. The van der Waals surface area contributed by atoms with E-state index >= 15 is 0 Å². The molecular weight excluding hydrogens is 304 g/mol. The number of nitrogens with zero attached hydrogens (tertiary/aromatic N) is 4. The number of rotatable bonds is 3. The molecule has 0 radical (unpaired) electrons. The van der Waals surface area contributed by atoms with Crippen LogP contribution < -0.4 is 0 Å². The second-order valence-corrected chi connectivity index (χ2v) is 7.55. The van der Waals surface area contributed by atoms with Crippen molar-refractivity contribution in [2.45, 2.75) is 51.2 Å². The molecular formula is C18H28N4O2. The van der Waals surface area contributed by atoms with Crippen LogP contribution >= 0.6 is 0 Å². The minimum Gasteiger partial charge on any atom is -0.395 e. The molecule has 3 aliphatic rings. The summed E-state index contributed by atoms with van der Waals surface area (Å²) in [5, 5.41) is 14.2. The van der Waals surface area contributed by atoms with Crippen molar-refractivity contribution in [2.24, 2.45) is 11.8 Å². The quantitative estimate of drug-likeness (QED) is 0.904. The van der Waals surface area contributed by atoms with Gasteiger partial charge in [-0.1, -0.05) is 6.42 Å². The van der Waals surface area contributed by atoms with Gasteiger partial charge < -0.3 is 10.0 Å². The van der Waals surface area contributed by atoms with E-state index in [2.05, 4.69) is 10.00 Å². The third-order valence-electron chi connectivity index (χ3n) is 6.33. The molecule has 1 N–H and O–H groups in total. The molecule has 0 saturated carbocycles. The summed E-state index contributed by atoms with van der Waals surface area (Å²) in [5.41, 5.74) is 0.693. The van der Waals surface area contributed by atoms with Gasteiger partial charge in [-0.3, -0.25) is 14.4 Å². The van der Waals surface area contributed by atoms with Gasteiger partial charge in [0.2, 0.25) is 0 Å². The number of hydrogen-bond donors (Lipinski definition) is 1. The number of carbonyl (C=O) groups is 1. The zero-order chi connectivity index (χ0) is 16.7. The van der Waals surface area contributed by atoms with E-state index in [1.165, 1.54) is 19.3 Å². The standard InChI is InChI=1S/C18H28N4O2/c1-2-22-16(6-7-19-22)18(24)20-10-13-9-14(11-20)17(12-23)21-8-4-3-5-15(13)21/h6-7,13-15,17,23H,2-5,8-12H2,1H3/t13-,14+,15+,17+/m1/s1. The molecule has 4 heterocycles. The maximum atomic E-state index is 13.0. The molecule has 1 amide bonds. The van der Waals surface area contributed by atoms with E-state index in [1.54, 1.807) is 10.9 Å². The number of hydrogen-bond acceptors (Lipinski definition) is 4. The Morgan fingerprint density at radius 3 is 2.96 bits per heavy atom. The molecule has 4 atom stereocenters. The molecule has 24 heavy (non-hydrogen) atoms. The van der Waals surface area contributed by atoms with Gasteiger partial charge in [-0.2, -0.15) is 5.10 Å². The van der Waals surface area contributed by atoms with Gasteiger partial charge in [0, 0.05) is 37.9 Å². The van der Waals surface area contributed by atoms with Crippen LogP contribution in [0.4, 0.5) is 0 Å². The molecule has 3 fully saturated rings. The molecule has 3 aliphatic heterocycles. The average molecular weight is 332 g/mol. The van der Waals surface area contributed by atoms with Crippen molar-refractivity contribution in [1.82, 2.24) is 19.6 Å². The topological polar surface area (TPSA) is 61.6 Å². The summed E-state index contributed by atoms with van der Waals surface area (Å²) in [6.45, 7) is 5.66. The van der Waals surface area contributed by atoms with E-state index in [0.717, 1.165) is 26.1 Å². The lowest BCUT2D eigenvalue weighted by molar-refractivity contribution is -0.0796. The maximum Gasteiger partial charge on any atom is 0.272 e. The number of aliphatic hydroxyl groups excluding tert-OH is 1. The fraction of sp³-hybridized carbons (Fsp3) is 0.778. The fourth-order valence-electron chi connectivity index (χ4n) is 5.25. The first-order valence-corrected chi connectivity index (χ1v) is 9.40. The van der Waals surface area contributed by atoms with E-state index in [9.17, 15) is 9.90 Å². The van der Waals surface area contributed by atoms with Gasteiger partial charge in [-0.25, -0.2) is 0 Å². The van der Waals surface area contributed by atoms with E-state index in [-0.39, 0.29) is 18.6 Å². The summed E-state index contributed by atoms with van der Waals surface area (Å²) >= 11 is 0. The first kappa shape index (κ1) is 16.1. The van der Waals surface area contributed by atoms with Gasteiger partial charge in [0.15, 0.2) is 0 Å². The summed E-state index contributed by atoms with van der Waals surface area (Å²) in [4.78, 5) is 17.6. The van der Waals surface area contributed by atoms with Crippen LogP contribution in [0.2, 0.25) is 0 Å². The number of piperidine rings is 3.